The second-order valence-electron chi connectivity index (χ2n) is 5.27. The highest BCUT2D eigenvalue weighted by Gasteiger charge is 2.28. The molecule has 1 heterocycles. The Balaban J connectivity index is 1.98. The van der Waals surface area contributed by atoms with Crippen molar-refractivity contribution in [1.29, 1.82) is 0 Å². The largest absolute Gasteiger partial charge is 0.346 e. The predicted octanol–water partition coefficient (Wildman–Crippen LogP) is 0.321. The Morgan fingerprint density at radius 3 is 2.75 bits per heavy atom. The third kappa shape index (κ3) is 4.48. The summed E-state index contributed by atoms with van der Waals surface area (Å²) < 4.78 is 12.6. The first-order valence-corrected chi connectivity index (χ1v) is 7.23. The summed E-state index contributed by atoms with van der Waals surface area (Å²) >= 11 is 0. The maximum atomic E-state index is 12.6. The van der Waals surface area contributed by atoms with E-state index in [9.17, 15) is 23.6 Å². The first-order valence-electron chi connectivity index (χ1n) is 7.23. The lowest BCUT2D eigenvalue weighted by molar-refractivity contribution is -0.134. The highest BCUT2D eigenvalue weighted by atomic mass is 19.1. The van der Waals surface area contributed by atoms with Crippen LogP contribution in [0.5, 0.6) is 0 Å². The van der Waals surface area contributed by atoms with Gasteiger partial charge in [0, 0.05) is 18.5 Å². The molecule has 1 aliphatic heterocycles. The minimum Gasteiger partial charge on any atom is -0.346 e. The zero-order valence-electron chi connectivity index (χ0n) is 12.7. The number of carbonyl (C=O) groups excluding carboxylic acids is 4. The van der Waals surface area contributed by atoms with Gasteiger partial charge in [-0.15, -0.1) is 0 Å². The molecule has 8 heteroatoms. The number of hydrogen-bond donors (Lipinski definition) is 3. The molecule has 0 aromatic heterocycles. The maximum absolute atomic E-state index is 12.6. The zero-order valence-corrected chi connectivity index (χ0v) is 12.7. The fourth-order valence-corrected chi connectivity index (χ4v) is 2.17. The summed E-state index contributed by atoms with van der Waals surface area (Å²) in [6, 6.07) is 5.55. The van der Waals surface area contributed by atoms with Crippen LogP contribution in [-0.2, 0) is 20.9 Å². The molecule has 3 N–H and O–H groups in total. The summed E-state index contributed by atoms with van der Waals surface area (Å²) in [5.41, 5.74) is 0.867. The van der Waals surface area contributed by atoms with E-state index in [4.69, 9.17) is 0 Å². The summed E-state index contributed by atoms with van der Waals surface area (Å²) in [5, 5.41) is 7.02. The van der Waals surface area contributed by atoms with Crippen LogP contribution in [0.1, 0.15) is 28.8 Å². The molecule has 0 spiro atoms. The van der Waals surface area contributed by atoms with Crippen LogP contribution in [0.25, 0.3) is 0 Å². The highest BCUT2D eigenvalue weighted by molar-refractivity contribution is 6.03. The van der Waals surface area contributed by atoms with Gasteiger partial charge in [0.1, 0.15) is 6.04 Å². The van der Waals surface area contributed by atoms with Crippen molar-refractivity contribution < 1.29 is 23.6 Å². The molecule has 1 aliphatic rings. The van der Waals surface area contributed by atoms with E-state index in [1.807, 2.05) is 0 Å². The van der Waals surface area contributed by atoms with E-state index >= 15 is 0 Å². The van der Waals surface area contributed by atoms with Crippen LogP contribution in [0.4, 0.5) is 4.39 Å². The molecule has 7 nitrogen and oxygen atoms in total. The molecule has 1 aromatic carbocycles. The van der Waals surface area contributed by atoms with Gasteiger partial charge in [-0.3, -0.25) is 24.5 Å². The van der Waals surface area contributed by atoms with Crippen molar-refractivity contribution in [2.24, 2.45) is 0 Å². The summed E-state index contributed by atoms with van der Waals surface area (Å²) in [4.78, 5) is 46.0. The molecular weight excluding hydrogens is 317 g/mol. The SMILES string of the molecule is C=C(F)C(=O)NCc1cccc(C(=O)NC2CCC(=O)NC2=O)c1. The number of rotatable bonds is 5. The van der Waals surface area contributed by atoms with Gasteiger partial charge in [0.15, 0.2) is 5.83 Å². The van der Waals surface area contributed by atoms with Crippen molar-refractivity contribution in [1.82, 2.24) is 16.0 Å². The second kappa shape index (κ2) is 7.49. The van der Waals surface area contributed by atoms with Crippen molar-refractivity contribution in [2.75, 3.05) is 0 Å². The minimum absolute atomic E-state index is 0.0291. The summed E-state index contributed by atoms with van der Waals surface area (Å²) in [7, 11) is 0. The third-order valence-corrected chi connectivity index (χ3v) is 3.43. The normalized spacial score (nSPS) is 17.0. The molecule has 1 saturated heterocycles. The van der Waals surface area contributed by atoms with Crippen LogP contribution < -0.4 is 16.0 Å². The Morgan fingerprint density at radius 2 is 2.08 bits per heavy atom. The Hall–Kier alpha value is -3.03. The second-order valence-corrected chi connectivity index (χ2v) is 5.27. The average Bonchev–Trinajstić information content (AvgIpc) is 2.55. The van der Waals surface area contributed by atoms with Gasteiger partial charge in [-0.2, -0.15) is 0 Å². The van der Waals surface area contributed by atoms with Crippen LogP contribution in [0.2, 0.25) is 0 Å². The van der Waals surface area contributed by atoms with E-state index in [-0.39, 0.29) is 30.9 Å². The molecule has 4 amide bonds. The number of imide groups is 1. The Kier molecular flexibility index (Phi) is 5.41. The molecular formula is C16H16FN3O4. The van der Waals surface area contributed by atoms with E-state index in [1.54, 1.807) is 18.2 Å². The lowest BCUT2D eigenvalue weighted by Gasteiger charge is -2.21. The zero-order chi connectivity index (χ0) is 17.7. The number of nitrogens with one attached hydrogen (secondary N) is 3. The molecule has 1 atom stereocenters. The van der Waals surface area contributed by atoms with Gasteiger partial charge < -0.3 is 10.6 Å². The molecule has 0 saturated carbocycles. The molecule has 0 radical (unpaired) electrons. The number of amides is 4. The number of halogens is 1. The molecule has 1 fully saturated rings. The van der Waals surface area contributed by atoms with Crippen molar-refractivity contribution >= 4 is 23.6 Å². The highest BCUT2D eigenvalue weighted by Crippen LogP contribution is 2.09. The lowest BCUT2D eigenvalue weighted by atomic mass is 10.0. The lowest BCUT2D eigenvalue weighted by Crippen LogP contribution is -2.52. The van der Waals surface area contributed by atoms with E-state index < -0.39 is 29.6 Å². The van der Waals surface area contributed by atoms with Gasteiger partial charge in [0.2, 0.25) is 11.8 Å². The van der Waals surface area contributed by atoms with Crippen LogP contribution in [-0.4, -0.2) is 29.7 Å². The van der Waals surface area contributed by atoms with E-state index in [2.05, 4.69) is 22.5 Å². The van der Waals surface area contributed by atoms with Crippen LogP contribution in [0.3, 0.4) is 0 Å². The fourth-order valence-electron chi connectivity index (χ4n) is 2.17. The smallest absolute Gasteiger partial charge is 0.279 e. The molecule has 1 unspecified atom stereocenters. The van der Waals surface area contributed by atoms with Gasteiger partial charge in [-0.05, 0) is 24.1 Å². The monoisotopic (exact) mass is 333 g/mol. The summed E-state index contributed by atoms with van der Waals surface area (Å²) in [5.74, 6) is -3.40. The predicted molar refractivity (Wildman–Crippen MR) is 82.2 cm³/mol. The van der Waals surface area contributed by atoms with Crippen molar-refractivity contribution in [3.05, 3.63) is 47.8 Å². The molecule has 0 bridgehead atoms. The number of hydrogen-bond acceptors (Lipinski definition) is 4. The van der Waals surface area contributed by atoms with Crippen LogP contribution in [0.15, 0.2) is 36.7 Å². The number of benzene rings is 1. The molecule has 24 heavy (non-hydrogen) atoms. The Bertz CT molecular complexity index is 717. The number of piperidine rings is 1. The van der Waals surface area contributed by atoms with E-state index in [1.165, 1.54) is 6.07 Å². The van der Waals surface area contributed by atoms with E-state index in [0.29, 0.717) is 5.56 Å². The molecule has 0 aliphatic carbocycles. The minimum atomic E-state index is -1.10. The Labute approximate surface area is 137 Å². The average molecular weight is 333 g/mol. The van der Waals surface area contributed by atoms with Gasteiger partial charge in [0.05, 0.1) is 0 Å². The molecule has 126 valence electrons. The summed E-state index contributed by atoms with van der Waals surface area (Å²) in [6.07, 6.45) is 0.403. The standard InChI is InChI=1S/C16H16FN3O4/c1-9(17)14(22)18-8-10-3-2-4-11(7-10)15(23)19-12-5-6-13(21)20-16(12)24/h2-4,7,12H,1,5-6,8H2,(H,18,22)(H,19,23)(H,20,21,24). The van der Waals surface area contributed by atoms with Gasteiger partial charge in [-0.1, -0.05) is 18.7 Å². The summed E-state index contributed by atoms with van der Waals surface area (Å²) in [6.45, 7) is 2.92. The molecule has 2 rings (SSSR count). The van der Waals surface area contributed by atoms with Gasteiger partial charge in [-0.25, -0.2) is 4.39 Å². The van der Waals surface area contributed by atoms with E-state index in [0.717, 1.165) is 0 Å². The number of carbonyl (C=O) groups is 4. The first-order chi connectivity index (χ1) is 11.4. The molecule has 1 aromatic rings. The van der Waals surface area contributed by atoms with Crippen molar-refractivity contribution in [3.8, 4) is 0 Å². The maximum Gasteiger partial charge on any atom is 0.279 e. The van der Waals surface area contributed by atoms with Gasteiger partial charge >= 0.3 is 0 Å². The fraction of sp³-hybridized carbons (Fsp3) is 0.250. The van der Waals surface area contributed by atoms with Gasteiger partial charge in [0.25, 0.3) is 11.8 Å². The third-order valence-electron chi connectivity index (χ3n) is 3.43. The topological polar surface area (TPSA) is 104 Å². The van der Waals surface area contributed by atoms with Crippen molar-refractivity contribution in [3.63, 3.8) is 0 Å². The van der Waals surface area contributed by atoms with Crippen LogP contribution in [0, 0.1) is 0 Å². The Morgan fingerprint density at radius 1 is 1.33 bits per heavy atom. The van der Waals surface area contributed by atoms with Crippen LogP contribution >= 0.6 is 0 Å². The first kappa shape index (κ1) is 17.3. The van der Waals surface area contributed by atoms with Crippen molar-refractivity contribution in [2.45, 2.75) is 25.4 Å². The quantitative estimate of drug-likeness (QED) is 0.533.